The van der Waals surface area contributed by atoms with Gasteiger partial charge >= 0.3 is 0 Å². The van der Waals surface area contributed by atoms with Gasteiger partial charge in [-0.05, 0) is 31.4 Å². The molecule has 0 spiro atoms. The van der Waals surface area contributed by atoms with E-state index in [9.17, 15) is 0 Å². The van der Waals surface area contributed by atoms with E-state index in [0.717, 1.165) is 44.0 Å². The zero-order chi connectivity index (χ0) is 15.0. The van der Waals surface area contributed by atoms with Gasteiger partial charge in [0.05, 0.1) is 7.11 Å². The van der Waals surface area contributed by atoms with Gasteiger partial charge in [0.1, 0.15) is 17.6 Å². The minimum Gasteiger partial charge on any atom is -0.496 e. The van der Waals surface area contributed by atoms with Gasteiger partial charge in [0.25, 0.3) is 0 Å². The lowest BCUT2D eigenvalue weighted by Crippen LogP contribution is -2.45. The molecule has 4 heteroatoms. The quantitative estimate of drug-likeness (QED) is 0.927. The minimum atomic E-state index is 0.267. The van der Waals surface area contributed by atoms with Gasteiger partial charge in [-0.3, -0.25) is 4.90 Å². The van der Waals surface area contributed by atoms with Gasteiger partial charge in [0, 0.05) is 43.2 Å². The van der Waals surface area contributed by atoms with Crippen molar-refractivity contribution in [3.05, 3.63) is 23.3 Å². The Bertz CT molecular complexity index is 508. The first kappa shape index (κ1) is 14.7. The Morgan fingerprint density at radius 2 is 2.14 bits per heavy atom. The average molecular weight is 290 g/mol. The third-order valence-electron chi connectivity index (χ3n) is 4.46. The second-order valence-electron chi connectivity index (χ2n) is 6.70. The van der Waals surface area contributed by atoms with Crippen molar-refractivity contribution in [3.8, 4) is 11.5 Å². The summed E-state index contributed by atoms with van der Waals surface area (Å²) in [4.78, 5) is 2.43. The number of hydrogen-bond acceptors (Lipinski definition) is 4. The van der Waals surface area contributed by atoms with E-state index in [2.05, 4.69) is 30.9 Å². The summed E-state index contributed by atoms with van der Waals surface area (Å²) in [5, 5.41) is 0. The molecule has 1 fully saturated rings. The van der Waals surface area contributed by atoms with E-state index in [4.69, 9.17) is 15.2 Å². The zero-order valence-corrected chi connectivity index (χ0v) is 13.3. The summed E-state index contributed by atoms with van der Waals surface area (Å²) in [5.74, 6) is 2.65. The molecule has 2 aliphatic heterocycles. The highest BCUT2D eigenvalue weighted by Crippen LogP contribution is 2.35. The molecule has 3 atom stereocenters. The predicted molar refractivity (Wildman–Crippen MR) is 83.8 cm³/mol. The number of benzene rings is 1. The van der Waals surface area contributed by atoms with Crippen molar-refractivity contribution in [1.82, 2.24) is 4.90 Å². The molecule has 21 heavy (non-hydrogen) atoms. The van der Waals surface area contributed by atoms with Crippen LogP contribution in [0.3, 0.4) is 0 Å². The van der Waals surface area contributed by atoms with Crippen LogP contribution in [0.15, 0.2) is 12.1 Å². The van der Waals surface area contributed by atoms with Crippen LogP contribution in [0.5, 0.6) is 11.5 Å². The van der Waals surface area contributed by atoms with Gasteiger partial charge in [-0.15, -0.1) is 0 Å². The topological polar surface area (TPSA) is 47.7 Å². The van der Waals surface area contributed by atoms with Gasteiger partial charge in [-0.1, -0.05) is 6.92 Å². The van der Waals surface area contributed by atoms with Crippen LogP contribution in [0, 0.1) is 5.92 Å². The molecule has 4 nitrogen and oxygen atoms in total. The number of likely N-dealkylation sites (tertiary alicyclic amines) is 1. The highest BCUT2D eigenvalue weighted by atomic mass is 16.5. The lowest BCUT2D eigenvalue weighted by atomic mass is 9.96. The van der Waals surface area contributed by atoms with E-state index in [-0.39, 0.29) is 12.1 Å². The van der Waals surface area contributed by atoms with Gasteiger partial charge in [0.2, 0.25) is 0 Å². The highest BCUT2D eigenvalue weighted by molar-refractivity contribution is 5.48. The first-order chi connectivity index (χ1) is 10.0. The Labute approximate surface area is 127 Å². The Hall–Kier alpha value is -1.26. The number of nitrogens with two attached hydrogens (primary N) is 1. The fourth-order valence-corrected chi connectivity index (χ4v) is 3.68. The van der Waals surface area contributed by atoms with E-state index in [0.29, 0.717) is 5.92 Å². The highest BCUT2D eigenvalue weighted by Gasteiger charge is 2.25. The second kappa shape index (κ2) is 5.85. The Morgan fingerprint density at radius 3 is 2.86 bits per heavy atom. The Morgan fingerprint density at radius 1 is 1.33 bits per heavy atom. The van der Waals surface area contributed by atoms with E-state index in [1.165, 1.54) is 11.1 Å². The van der Waals surface area contributed by atoms with E-state index in [1.807, 2.05) is 0 Å². The molecule has 3 unspecified atom stereocenters. The van der Waals surface area contributed by atoms with E-state index < -0.39 is 0 Å². The molecule has 1 saturated heterocycles. The van der Waals surface area contributed by atoms with Crippen LogP contribution in [0.4, 0.5) is 0 Å². The Kier molecular flexibility index (Phi) is 4.09. The van der Waals surface area contributed by atoms with E-state index >= 15 is 0 Å². The summed E-state index contributed by atoms with van der Waals surface area (Å²) in [6.07, 6.45) is 2.36. The van der Waals surface area contributed by atoms with Crippen LogP contribution in [0.1, 0.15) is 31.4 Å². The SMILES string of the molecule is COc1cc2c(cc1CN1CC(C)CC(N)C1)OC(C)C2. The largest absolute Gasteiger partial charge is 0.496 e. The first-order valence-corrected chi connectivity index (χ1v) is 7.89. The van der Waals surface area contributed by atoms with Crippen LogP contribution in [0.2, 0.25) is 0 Å². The van der Waals surface area contributed by atoms with E-state index in [1.54, 1.807) is 7.11 Å². The number of rotatable bonds is 3. The molecule has 1 aromatic carbocycles. The van der Waals surface area contributed by atoms with Crippen LogP contribution >= 0.6 is 0 Å². The summed E-state index contributed by atoms with van der Waals surface area (Å²) in [6.45, 7) is 7.33. The van der Waals surface area contributed by atoms with Gasteiger partial charge in [-0.2, -0.15) is 0 Å². The van der Waals surface area contributed by atoms with Crippen molar-refractivity contribution in [2.45, 2.75) is 45.4 Å². The molecule has 116 valence electrons. The molecule has 0 bridgehead atoms. The maximum atomic E-state index is 6.15. The number of nitrogens with zero attached hydrogens (tertiary/aromatic N) is 1. The summed E-state index contributed by atoms with van der Waals surface area (Å²) in [7, 11) is 1.75. The van der Waals surface area contributed by atoms with Gasteiger partial charge in [-0.25, -0.2) is 0 Å². The van der Waals surface area contributed by atoms with Crippen molar-refractivity contribution >= 4 is 0 Å². The van der Waals surface area contributed by atoms with Crippen LogP contribution < -0.4 is 15.2 Å². The smallest absolute Gasteiger partial charge is 0.123 e. The summed E-state index contributed by atoms with van der Waals surface area (Å²) >= 11 is 0. The fraction of sp³-hybridized carbons (Fsp3) is 0.647. The fourth-order valence-electron chi connectivity index (χ4n) is 3.68. The zero-order valence-electron chi connectivity index (χ0n) is 13.3. The number of fused-ring (bicyclic) bond motifs is 1. The second-order valence-corrected chi connectivity index (χ2v) is 6.70. The molecule has 2 N–H and O–H groups in total. The molecule has 0 aromatic heterocycles. The maximum absolute atomic E-state index is 6.15. The standard InChI is InChI=1S/C17H26N2O2/c1-11-4-15(18)10-19(8-11)9-14-7-17-13(5-12(2)21-17)6-16(14)20-3/h6-7,11-12,15H,4-5,8-10,18H2,1-3H3. The van der Waals surface area contributed by atoms with Crippen molar-refractivity contribution in [3.63, 3.8) is 0 Å². The number of hydrogen-bond donors (Lipinski definition) is 1. The molecule has 0 aliphatic carbocycles. The molecular weight excluding hydrogens is 264 g/mol. The summed E-state index contributed by atoms with van der Waals surface area (Å²) in [5.41, 5.74) is 8.61. The lowest BCUT2D eigenvalue weighted by molar-refractivity contribution is 0.157. The third-order valence-corrected chi connectivity index (χ3v) is 4.46. The van der Waals surface area contributed by atoms with Crippen molar-refractivity contribution in [1.29, 1.82) is 0 Å². The van der Waals surface area contributed by atoms with Crippen LogP contribution in [-0.2, 0) is 13.0 Å². The van der Waals surface area contributed by atoms with Gasteiger partial charge < -0.3 is 15.2 Å². The Balaban J connectivity index is 1.80. The molecule has 2 aliphatic rings. The monoisotopic (exact) mass is 290 g/mol. The first-order valence-electron chi connectivity index (χ1n) is 7.89. The lowest BCUT2D eigenvalue weighted by Gasteiger charge is -2.35. The van der Waals surface area contributed by atoms with Crippen molar-refractivity contribution < 1.29 is 9.47 Å². The molecule has 0 radical (unpaired) electrons. The number of ether oxygens (including phenoxy) is 2. The number of piperidine rings is 1. The molecular formula is C17H26N2O2. The molecule has 0 amide bonds. The summed E-state index contributed by atoms with van der Waals surface area (Å²) < 4.78 is 11.5. The molecule has 0 saturated carbocycles. The summed E-state index contributed by atoms with van der Waals surface area (Å²) in [6, 6.07) is 4.58. The average Bonchev–Trinajstić information content (AvgIpc) is 2.75. The normalized spacial score (nSPS) is 29.0. The molecule has 2 heterocycles. The number of methoxy groups -OCH3 is 1. The van der Waals surface area contributed by atoms with Crippen LogP contribution in [-0.4, -0.2) is 37.2 Å². The molecule has 1 aromatic rings. The third kappa shape index (κ3) is 3.16. The van der Waals surface area contributed by atoms with Gasteiger partial charge in [0.15, 0.2) is 0 Å². The predicted octanol–water partition coefficient (Wildman–Crippen LogP) is 2.19. The van der Waals surface area contributed by atoms with Crippen molar-refractivity contribution in [2.24, 2.45) is 11.7 Å². The maximum Gasteiger partial charge on any atom is 0.123 e. The van der Waals surface area contributed by atoms with Crippen molar-refractivity contribution in [2.75, 3.05) is 20.2 Å². The van der Waals surface area contributed by atoms with Crippen LogP contribution in [0.25, 0.3) is 0 Å². The molecule has 3 rings (SSSR count). The minimum absolute atomic E-state index is 0.267.